The van der Waals surface area contributed by atoms with Crippen molar-refractivity contribution >= 4 is 46.6 Å². The molecule has 0 radical (unpaired) electrons. The van der Waals surface area contributed by atoms with Gasteiger partial charge in [-0.3, -0.25) is 4.99 Å². The molecule has 0 saturated heterocycles. The fraction of sp³-hybridized carbons (Fsp3) is 0.353. The van der Waals surface area contributed by atoms with Crippen molar-refractivity contribution in [3.05, 3.63) is 53.5 Å². The lowest BCUT2D eigenvalue weighted by atomic mass is 10.0. The summed E-state index contributed by atoms with van der Waals surface area (Å²) in [6, 6.07) is 10.3. The second-order valence-electron chi connectivity index (χ2n) is 4.69. The van der Waals surface area contributed by atoms with Crippen LogP contribution in [0, 0.1) is 0 Å². The maximum atomic E-state index is 5.32. The van der Waals surface area contributed by atoms with E-state index in [1.165, 1.54) is 16.8 Å². The van der Waals surface area contributed by atoms with Crippen LogP contribution in [-0.4, -0.2) is 11.4 Å². The number of benzene rings is 1. The van der Waals surface area contributed by atoms with Gasteiger partial charge in [0.1, 0.15) is 5.76 Å². The number of amidine groups is 1. The van der Waals surface area contributed by atoms with Gasteiger partial charge in [-0.2, -0.15) is 0 Å². The number of anilines is 1. The Morgan fingerprint density at radius 2 is 1.82 bits per heavy atom. The van der Waals surface area contributed by atoms with E-state index in [-0.39, 0.29) is 24.0 Å². The highest BCUT2D eigenvalue weighted by atomic mass is 127. The van der Waals surface area contributed by atoms with Crippen LogP contribution in [0.3, 0.4) is 0 Å². The van der Waals surface area contributed by atoms with Crippen LogP contribution in [0.25, 0.3) is 0 Å². The fourth-order valence-electron chi connectivity index (χ4n) is 2.22. The summed E-state index contributed by atoms with van der Waals surface area (Å²) in [4.78, 5) is 4.61. The summed E-state index contributed by atoms with van der Waals surface area (Å²) < 4.78 is 5.32. The van der Waals surface area contributed by atoms with Crippen LogP contribution in [-0.2, 0) is 19.4 Å². The lowest BCUT2D eigenvalue weighted by Gasteiger charge is -2.15. The van der Waals surface area contributed by atoms with Crippen LogP contribution in [0.1, 0.15) is 30.7 Å². The maximum absolute atomic E-state index is 5.32. The number of nitrogens with zero attached hydrogens (tertiary/aromatic N) is 1. The molecule has 0 saturated carbocycles. The van der Waals surface area contributed by atoms with E-state index in [4.69, 9.17) is 4.42 Å². The van der Waals surface area contributed by atoms with Gasteiger partial charge in [-0.15, -0.1) is 24.0 Å². The Balaban J connectivity index is 0.00000242. The number of halogens is 1. The molecule has 0 amide bonds. The van der Waals surface area contributed by atoms with Crippen molar-refractivity contribution in [1.82, 2.24) is 0 Å². The molecule has 1 N–H and O–H groups in total. The summed E-state index contributed by atoms with van der Waals surface area (Å²) >= 11 is 1.62. The minimum atomic E-state index is 0. The third-order valence-electron chi connectivity index (χ3n) is 3.38. The number of rotatable bonds is 5. The van der Waals surface area contributed by atoms with E-state index >= 15 is 0 Å². The van der Waals surface area contributed by atoms with Crippen LogP contribution >= 0.6 is 35.7 Å². The second kappa shape index (κ2) is 9.94. The van der Waals surface area contributed by atoms with Gasteiger partial charge >= 0.3 is 0 Å². The van der Waals surface area contributed by atoms with Crippen LogP contribution in [0.5, 0.6) is 0 Å². The smallest absolute Gasteiger partial charge is 0.161 e. The Kier molecular flexibility index (Phi) is 8.63. The van der Waals surface area contributed by atoms with Crippen molar-refractivity contribution < 1.29 is 4.42 Å². The van der Waals surface area contributed by atoms with Gasteiger partial charge in [0.2, 0.25) is 0 Å². The van der Waals surface area contributed by atoms with Gasteiger partial charge in [-0.05, 0) is 42.4 Å². The SMILES string of the molecule is CCc1cccc(CC)c1NC(=NCc1ccco1)SC.I. The molecule has 0 aliphatic carbocycles. The first-order chi connectivity index (χ1) is 10.3. The summed E-state index contributed by atoms with van der Waals surface area (Å²) in [5.41, 5.74) is 3.86. The Morgan fingerprint density at radius 1 is 1.14 bits per heavy atom. The van der Waals surface area contributed by atoms with E-state index in [1.54, 1.807) is 18.0 Å². The average Bonchev–Trinajstić information content (AvgIpc) is 3.04. The van der Waals surface area contributed by atoms with Crippen molar-refractivity contribution in [2.75, 3.05) is 11.6 Å². The Bertz CT molecular complexity index is 574. The molecule has 1 heterocycles. The van der Waals surface area contributed by atoms with Gasteiger partial charge in [0.25, 0.3) is 0 Å². The third kappa shape index (κ3) is 5.05. The molecule has 5 heteroatoms. The number of hydrogen-bond donors (Lipinski definition) is 1. The molecule has 2 aromatic rings. The van der Waals surface area contributed by atoms with Crippen molar-refractivity contribution in [2.45, 2.75) is 33.2 Å². The lowest BCUT2D eigenvalue weighted by molar-refractivity contribution is 0.513. The molecule has 0 aliphatic rings. The number of aryl methyl sites for hydroxylation is 2. The molecule has 0 atom stereocenters. The Hall–Kier alpha value is -0.950. The predicted molar refractivity (Wildman–Crippen MR) is 108 cm³/mol. The zero-order valence-corrected chi connectivity index (χ0v) is 16.4. The van der Waals surface area contributed by atoms with Crippen LogP contribution in [0.2, 0.25) is 0 Å². The standard InChI is InChI=1S/C17H22N2OS.HI/c1-4-13-8-6-9-14(5-2)16(13)19-17(21-3)18-12-15-10-7-11-20-15;/h6-11H,4-5,12H2,1-3H3,(H,18,19);1H. The summed E-state index contributed by atoms with van der Waals surface area (Å²) in [6.45, 7) is 4.92. The summed E-state index contributed by atoms with van der Waals surface area (Å²) in [5, 5.41) is 4.42. The number of hydrogen-bond acceptors (Lipinski definition) is 3. The first kappa shape index (κ1) is 19.1. The largest absolute Gasteiger partial charge is 0.467 e. The first-order valence-corrected chi connectivity index (χ1v) is 8.49. The minimum Gasteiger partial charge on any atom is -0.467 e. The zero-order chi connectivity index (χ0) is 15.1. The molecule has 1 aromatic carbocycles. The van der Waals surface area contributed by atoms with Crippen molar-refractivity contribution in [3.8, 4) is 0 Å². The van der Waals surface area contributed by atoms with Gasteiger partial charge in [0, 0.05) is 5.69 Å². The van der Waals surface area contributed by atoms with E-state index in [0.29, 0.717) is 6.54 Å². The van der Waals surface area contributed by atoms with Crippen molar-refractivity contribution in [1.29, 1.82) is 0 Å². The molecule has 120 valence electrons. The number of aliphatic imine (C=N–C) groups is 1. The Labute approximate surface area is 154 Å². The van der Waals surface area contributed by atoms with Gasteiger partial charge in [0.15, 0.2) is 5.17 Å². The van der Waals surface area contributed by atoms with Gasteiger partial charge in [-0.25, -0.2) is 0 Å². The van der Waals surface area contributed by atoms with E-state index < -0.39 is 0 Å². The van der Waals surface area contributed by atoms with Crippen LogP contribution in [0.4, 0.5) is 5.69 Å². The highest BCUT2D eigenvalue weighted by molar-refractivity contribution is 14.0. The zero-order valence-electron chi connectivity index (χ0n) is 13.3. The van der Waals surface area contributed by atoms with Crippen molar-refractivity contribution in [2.24, 2.45) is 4.99 Å². The van der Waals surface area contributed by atoms with Gasteiger partial charge < -0.3 is 9.73 Å². The molecule has 0 spiro atoms. The number of thioether (sulfide) groups is 1. The topological polar surface area (TPSA) is 37.5 Å². The maximum Gasteiger partial charge on any atom is 0.161 e. The van der Waals surface area contributed by atoms with E-state index in [9.17, 15) is 0 Å². The molecule has 0 bridgehead atoms. The van der Waals surface area contributed by atoms with Gasteiger partial charge in [-0.1, -0.05) is 43.8 Å². The van der Waals surface area contributed by atoms with Crippen molar-refractivity contribution in [3.63, 3.8) is 0 Å². The van der Waals surface area contributed by atoms with E-state index in [1.807, 2.05) is 18.4 Å². The highest BCUT2D eigenvalue weighted by Crippen LogP contribution is 2.24. The number of para-hydroxylation sites is 1. The average molecular weight is 430 g/mol. The predicted octanol–water partition coefficient (Wildman–Crippen LogP) is 5.35. The molecule has 0 aliphatic heterocycles. The quantitative estimate of drug-likeness (QED) is 0.395. The van der Waals surface area contributed by atoms with Crippen LogP contribution in [0.15, 0.2) is 46.0 Å². The second-order valence-corrected chi connectivity index (χ2v) is 5.48. The summed E-state index contributed by atoms with van der Waals surface area (Å²) in [6.07, 6.45) is 5.73. The third-order valence-corrected chi connectivity index (χ3v) is 4.00. The minimum absolute atomic E-state index is 0. The summed E-state index contributed by atoms with van der Waals surface area (Å²) in [5.74, 6) is 0.878. The highest BCUT2D eigenvalue weighted by Gasteiger charge is 2.08. The molecule has 3 nitrogen and oxygen atoms in total. The van der Waals surface area contributed by atoms with Crippen LogP contribution < -0.4 is 5.32 Å². The summed E-state index contributed by atoms with van der Waals surface area (Å²) in [7, 11) is 0. The molecular weight excluding hydrogens is 407 g/mol. The van der Waals surface area contributed by atoms with E-state index in [0.717, 1.165) is 23.8 Å². The number of nitrogens with one attached hydrogen (secondary N) is 1. The molecule has 2 rings (SSSR count). The lowest BCUT2D eigenvalue weighted by Crippen LogP contribution is -2.11. The Morgan fingerprint density at radius 3 is 2.32 bits per heavy atom. The molecule has 22 heavy (non-hydrogen) atoms. The molecule has 0 unspecified atom stereocenters. The molecule has 1 aromatic heterocycles. The monoisotopic (exact) mass is 430 g/mol. The van der Waals surface area contributed by atoms with E-state index in [2.05, 4.69) is 42.4 Å². The van der Waals surface area contributed by atoms with Gasteiger partial charge in [0.05, 0.1) is 12.8 Å². The normalized spacial score (nSPS) is 11.1. The molecule has 0 fully saturated rings. The molecular formula is C17H23IN2OS. The number of furan rings is 1. The first-order valence-electron chi connectivity index (χ1n) is 7.27. The fourth-order valence-corrected chi connectivity index (χ4v) is 2.62.